The molecule has 0 N–H and O–H groups in total. The molecule has 0 aromatic heterocycles. The van der Waals surface area contributed by atoms with Crippen molar-refractivity contribution >= 4 is 17.7 Å². The molecule has 0 bridgehead atoms. The van der Waals surface area contributed by atoms with E-state index in [1.807, 2.05) is 25.2 Å². The van der Waals surface area contributed by atoms with E-state index < -0.39 is 0 Å². The van der Waals surface area contributed by atoms with Crippen LogP contribution in [0.3, 0.4) is 0 Å². The largest absolute Gasteiger partial charge is 0.465 e. The van der Waals surface area contributed by atoms with E-state index in [-0.39, 0.29) is 5.97 Å². The monoisotopic (exact) mass is 212 g/mol. The van der Waals surface area contributed by atoms with E-state index in [4.69, 9.17) is 4.74 Å². The molecule has 0 radical (unpaired) electrons. The van der Waals surface area contributed by atoms with Crippen molar-refractivity contribution in [3.8, 4) is 0 Å². The molecule has 0 atom stereocenters. The van der Waals surface area contributed by atoms with Crippen LogP contribution < -0.4 is 0 Å². The third kappa shape index (κ3) is 6.54. The highest BCUT2D eigenvalue weighted by molar-refractivity contribution is 8.03. The molecular weight excluding hydrogens is 196 g/mol. The Bertz CT molecular complexity index is 242. The second kappa shape index (κ2) is 8.63. The van der Waals surface area contributed by atoms with Crippen LogP contribution in [-0.4, -0.2) is 18.3 Å². The summed E-state index contributed by atoms with van der Waals surface area (Å²) in [4.78, 5) is 12.0. The first-order valence-corrected chi connectivity index (χ1v) is 5.47. The molecule has 2 nitrogen and oxygen atoms in total. The van der Waals surface area contributed by atoms with Crippen molar-refractivity contribution in [2.75, 3.05) is 12.4 Å². The van der Waals surface area contributed by atoms with Crippen LogP contribution in [0.5, 0.6) is 0 Å². The second-order valence-electron chi connectivity index (χ2n) is 2.39. The summed E-state index contributed by atoms with van der Waals surface area (Å²) >= 11 is 1.43. The maximum absolute atomic E-state index is 11.0. The van der Waals surface area contributed by atoms with Crippen LogP contribution in [0, 0.1) is 0 Å². The molecule has 14 heavy (non-hydrogen) atoms. The quantitative estimate of drug-likeness (QED) is 0.500. The van der Waals surface area contributed by atoms with E-state index in [1.165, 1.54) is 11.8 Å². The van der Waals surface area contributed by atoms with Crippen LogP contribution in [0.15, 0.2) is 35.8 Å². The third-order valence-electron chi connectivity index (χ3n) is 1.32. The smallest absolute Gasteiger partial charge is 0.316 e. The van der Waals surface area contributed by atoms with Gasteiger partial charge in [-0.15, -0.1) is 11.8 Å². The Morgan fingerprint density at radius 2 is 2.29 bits per heavy atom. The molecule has 0 aliphatic rings. The highest BCUT2D eigenvalue weighted by Gasteiger charge is 2.02. The van der Waals surface area contributed by atoms with Crippen LogP contribution in [0.1, 0.15) is 13.8 Å². The summed E-state index contributed by atoms with van der Waals surface area (Å²) in [6.07, 6.45) is 7.48. The topological polar surface area (TPSA) is 26.3 Å². The molecule has 0 saturated carbocycles. The number of hydrogen-bond donors (Lipinski definition) is 0. The summed E-state index contributed by atoms with van der Waals surface area (Å²) in [6, 6.07) is 0. The molecule has 3 heteroatoms. The maximum Gasteiger partial charge on any atom is 0.316 e. The molecule has 0 aliphatic carbocycles. The molecule has 78 valence electrons. The fraction of sp³-hybridized carbons (Fsp3) is 0.364. The Kier molecular flexibility index (Phi) is 8.04. The van der Waals surface area contributed by atoms with Crippen LogP contribution >= 0.6 is 11.8 Å². The molecule has 0 aliphatic heterocycles. The molecule has 0 heterocycles. The Morgan fingerprint density at radius 3 is 2.79 bits per heavy atom. The fourth-order valence-corrected chi connectivity index (χ4v) is 1.37. The minimum atomic E-state index is -0.189. The normalized spacial score (nSPS) is 11.7. The zero-order chi connectivity index (χ0) is 10.8. The van der Waals surface area contributed by atoms with Crippen molar-refractivity contribution in [3.63, 3.8) is 0 Å². The first kappa shape index (κ1) is 13.0. The van der Waals surface area contributed by atoms with Gasteiger partial charge in [0.05, 0.1) is 12.4 Å². The molecule has 0 unspecified atom stereocenters. The molecular formula is C11H16O2S. The average Bonchev–Trinajstić information content (AvgIpc) is 2.19. The molecule has 0 rings (SSSR count). The Hall–Kier alpha value is -0.960. The first-order chi connectivity index (χ1) is 6.74. The minimum absolute atomic E-state index is 0.189. The van der Waals surface area contributed by atoms with Crippen molar-refractivity contribution in [2.24, 2.45) is 0 Å². The molecule has 0 spiro atoms. The van der Waals surface area contributed by atoms with Crippen LogP contribution in [0.25, 0.3) is 0 Å². The van der Waals surface area contributed by atoms with Gasteiger partial charge in [-0.05, 0) is 19.9 Å². The fourth-order valence-electron chi connectivity index (χ4n) is 0.711. The summed E-state index contributed by atoms with van der Waals surface area (Å²) in [5.41, 5.74) is 0. The van der Waals surface area contributed by atoms with E-state index in [1.54, 1.807) is 13.0 Å². The van der Waals surface area contributed by atoms with E-state index in [2.05, 4.69) is 6.58 Å². The van der Waals surface area contributed by atoms with E-state index >= 15 is 0 Å². The lowest BCUT2D eigenvalue weighted by Crippen LogP contribution is -2.06. The van der Waals surface area contributed by atoms with Gasteiger partial charge in [-0.2, -0.15) is 0 Å². The maximum atomic E-state index is 11.0. The van der Waals surface area contributed by atoms with E-state index in [0.717, 1.165) is 4.91 Å². The number of carbonyl (C=O) groups excluding carboxylic acids is 1. The van der Waals surface area contributed by atoms with Gasteiger partial charge in [0.15, 0.2) is 0 Å². The Labute approximate surface area is 89.7 Å². The number of esters is 1. The van der Waals surface area contributed by atoms with Gasteiger partial charge in [-0.3, -0.25) is 4.79 Å². The van der Waals surface area contributed by atoms with Crippen molar-refractivity contribution in [1.82, 2.24) is 0 Å². The number of hydrogen-bond acceptors (Lipinski definition) is 3. The number of thioether (sulfide) groups is 1. The van der Waals surface area contributed by atoms with Gasteiger partial charge in [0.1, 0.15) is 0 Å². The summed E-state index contributed by atoms with van der Waals surface area (Å²) < 4.78 is 4.80. The van der Waals surface area contributed by atoms with Gasteiger partial charge >= 0.3 is 5.97 Å². The average molecular weight is 212 g/mol. The van der Waals surface area contributed by atoms with Crippen molar-refractivity contribution in [3.05, 3.63) is 35.8 Å². The SMILES string of the molecule is C=CC(=CC=CC)SCC(=O)OCC. The van der Waals surface area contributed by atoms with Gasteiger partial charge in [-0.25, -0.2) is 0 Å². The van der Waals surface area contributed by atoms with Crippen molar-refractivity contribution < 1.29 is 9.53 Å². The van der Waals surface area contributed by atoms with Crippen molar-refractivity contribution in [1.29, 1.82) is 0 Å². The summed E-state index contributed by atoms with van der Waals surface area (Å²) in [6.45, 7) is 7.83. The van der Waals surface area contributed by atoms with E-state index in [0.29, 0.717) is 12.4 Å². The van der Waals surface area contributed by atoms with Gasteiger partial charge in [0, 0.05) is 4.91 Å². The highest BCUT2D eigenvalue weighted by Crippen LogP contribution is 2.16. The van der Waals surface area contributed by atoms with Crippen LogP contribution in [-0.2, 0) is 9.53 Å². The van der Waals surface area contributed by atoms with E-state index in [9.17, 15) is 4.79 Å². The Balaban J connectivity index is 3.95. The first-order valence-electron chi connectivity index (χ1n) is 4.48. The number of carbonyl (C=O) groups is 1. The van der Waals surface area contributed by atoms with Gasteiger partial charge in [-0.1, -0.05) is 24.8 Å². The van der Waals surface area contributed by atoms with Gasteiger partial charge < -0.3 is 4.74 Å². The summed E-state index contributed by atoms with van der Waals surface area (Å²) in [7, 11) is 0. The van der Waals surface area contributed by atoms with Gasteiger partial charge in [0.25, 0.3) is 0 Å². The summed E-state index contributed by atoms with van der Waals surface area (Å²) in [5.74, 6) is 0.147. The lowest BCUT2D eigenvalue weighted by atomic mass is 10.4. The van der Waals surface area contributed by atoms with Crippen LogP contribution in [0.4, 0.5) is 0 Å². The number of allylic oxidation sites excluding steroid dienone is 4. The number of ether oxygens (including phenoxy) is 1. The molecule has 0 saturated heterocycles. The minimum Gasteiger partial charge on any atom is -0.465 e. The molecule has 0 aromatic carbocycles. The third-order valence-corrected chi connectivity index (χ3v) is 2.33. The van der Waals surface area contributed by atoms with Crippen LogP contribution in [0.2, 0.25) is 0 Å². The molecule has 0 aromatic rings. The standard InChI is InChI=1S/C11H16O2S/c1-4-7-8-10(5-2)14-9-11(12)13-6-3/h4-5,7-8H,2,6,9H2,1,3H3. The lowest BCUT2D eigenvalue weighted by Gasteiger charge is -2.01. The number of rotatable bonds is 6. The second-order valence-corrected chi connectivity index (χ2v) is 3.44. The zero-order valence-electron chi connectivity index (χ0n) is 8.66. The van der Waals surface area contributed by atoms with Gasteiger partial charge in [0.2, 0.25) is 0 Å². The van der Waals surface area contributed by atoms with Crippen molar-refractivity contribution in [2.45, 2.75) is 13.8 Å². The Morgan fingerprint density at radius 1 is 1.57 bits per heavy atom. The summed E-state index contributed by atoms with van der Waals surface area (Å²) in [5, 5.41) is 0. The molecule has 0 amide bonds. The highest BCUT2D eigenvalue weighted by atomic mass is 32.2. The predicted octanol–water partition coefficient (Wildman–Crippen LogP) is 2.93. The molecule has 0 fully saturated rings. The lowest BCUT2D eigenvalue weighted by molar-refractivity contribution is -0.139. The zero-order valence-corrected chi connectivity index (χ0v) is 9.47. The predicted molar refractivity (Wildman–Crippen MR) is 62.2 cm³/mol.